The fourth-order valence-electron chi connectivity index (χ4n) is 3.45. The van der Waals surface area contributed by atoms with Crippen molar-refractivity contribution in [3.63, 3.8) is 0 Å². The van der Waals surface area contributed by atoms with Crippen LogP contribution in [0, 0.1) is 6.92 Å². The molecule has 0 heterocycles. The summed E-state index contributed by atoms with van der Waals surface area (Å²) >= 11 is 0. The SMILES string of the molecule is COc1ccc(C2(NC(=O)Nc3c(C)cccc3C(C)C)CC2)cc1OC. The van der Waals surface area contributed by atoms with Crippen molar-refractivity contribution < 1.29 is 14.3 Å². The van der Waals surface area contributed by atoms with Crippen LogP contribution >= 0.6 is 0 Å². The molecule has 0 atom stereocenters. The Kier molecular flexibility index (Phi) is 5.31. The molecule has 0 spiro atoms. The summed E-state index contributed by atoms with van der Waals surface area (Å²) in [6.07, 6.45) is 1.81. The molecule has 27 heavy (non-hydrogen) atoms. The molecule has 0 radical (unpaired) electrons. The number of para-hydroxylation sites is 1. The molecular weight excluding hydrogens is 340 g/mol. The third-order valence-corrected chi connectivity index (χ3v) is 5.20. The van der Waals surface area contributed by atoms with Crippen LogP contribution in [0.2, 0.25) is 0 Å². The first-order chi connectivity index (χ1) is 12.9. The topological polar surface area (TPSA) is 59.6 Å². The van der Waals surface area contributed by atoms with Gasteiger partial charge in [-0.05, 0) is 54.5 Å². The van der Waals surface area contributed by atoms with Gasteiger partial charge >= 0.3 is 6.03 Å². The zero-order chi connectivity index (χ0) is 19.6. The van der Waals surface area contributed by atoms with Crippen molar-refractivity contribution in [3.8, 4) is 11.5 Å². The number of carbonyl (C=O) groups is 1. The van der Waals surface area contributed by atoms with Gasteiger partial charge in [-0.25, -0.2) is 4.79 Å². The number of ether oxygens (including phenoxy) is 2. The Morgan fingerprint density at radius 2 is 1.78 bits per heavy atom. The quantitative estimate of drug-likeness (QED) is 0.759. The summed E-state index contributed by atoms with van der Waals surface area (Å²) in [5, 5.41) is 6.24. The smallest absolute Gasteiger partial charge is 0.319 e. The van der Waals surface area contributed by atoms with Gasteiger partial charge in [0.05, 0.1) is 19.8 Å². The lowest BCUT2D eigenvalue weighted by Crippen LogP contribution is -2.38. The van der Waals surface area contributed by atoms with Crippen molar-refractivity contribution in [1.29, 1.82) is 0 Å². The summed E-state index contributed by atoms with van der Waals surface area (Å²) in [6, 6.07) is 11.7. The van der Waals surface area contributed by atoms with E-state index >= 15 is 0 Å². The predicted molar refractivity (Wildman–Crippen MR) is 108 cm³/mol. The number of amides is 2. The number of methoxy groups -OCH3 is 2. The number of urea groups is 1. The predicted octanol–water partition coefficient (Wildman–Crippen LogP) is 4.95. The van der Waals surface area contributed by atoms with Crippen molar-refractivity contribution in [1.82, 2.24) is 5.32 Å². The third-order valence-electron chi connectivity index (χ3n) is 5.20. The number of benzene rings is 2. The van der Waals surface area contributed by atoms with Crippen LogP contribution in [0.4, 0.5) is 10.5 Å². The maximum atomic E-state index is 12.8. The largest absolute Gasteiger partial charge is 0.493 e. The summed E-state index contributed by atoms with van der Waals surface area (Å²) < 4.78 is 10.7. The maximum absolute atomic E-state index is 12.8. The van der Waals surface area contributed by atoms with Crippen molar-refractivity contribution in [2.45, 2.75) is 45.1 Å². The van der Waals surface area contributed by atoms with Gasteiger partial charge < -0.3 is 20.1 Å². The lowest BCUT2D eigenvalue weighted by Gasteiger charge is -2.22. The highest BCUT2D eigenvalue weighted by atomic mass is 16.5. The van der Waals surface area contributed by atoms with E-state index in [0.717, 1.165) is 35.2 Å². The minimum Gasteiger partial charge on any atom is -0.493 e. The second kappa shape index (κ2) is 7.51. The summed E-state index contributed by atoms with van der Waals surface area (Å²) in [5.74, 6) is 1.69. The number of rotatable bonds is 6. The Balaban J connectivity index is 1.79. The number of anilines is 1. The second-order valence-corrected chi connectivity index (χ2v) is 7.42. The normalized spacial score (nSPS) is 14.6. The monoisotopic (exact) mass is 368 g/mol. The van der Waals surface area contributed by atoms with E-state index in [9.17, 15) is 4.79 Å². The maximum Gasteiger partial charge on any atom is 0.319 e. The molecule has 0 aromatic heterocycles. The highest BCUT2D eigenvalue weighted by Gasteiger charge is 2.46. The Labute approximate surface area is 161 Å². The number of carbonyl (C=O) groups excluding carboxylic acids is 1. The Hall–Kier alpha value is -2.69. The number of hydrogen-bond acceptors (Lipinski definition) is 3. The van der Waals surface area contributed by atoms with Gasteiger partial charge in [0.1, 0.15) is 0 Å². The summed E-state index contributed by atoms with van der Waals surface area (Å²) in [5.41, 5.74) is 3.79. The highest BCUT2D eigenvalue weighted by Crippen LogP contribution is 2.47. The molecule has 0 aliphatic heterocycles. The summed E-state index contributed by atoms with van der Waals surface area (Å²) in [6.45, 7) is 6.27. The minimum atomic E-state index is -0.343. The molecule has 0 saturated heterocycles. The van der Waals surface area contributed by atoms with Gasteiger partial charge in [-0.1, -0.05) is 38.1 Å². The zero-order valence-electron chi connectivity index (χ0n) is 16.7. The van der Waals surface area contributed by atoms with E-state index in [4.69, 9.17) is 9.47 Å². The molecule has 1 fully saturated rings. The summed E-state index contributed by atoms with van der Waals surface area (Å²) in [4.78, 5) is 12.8. The lowest BCUT2D eigenvalue weighted by molar-refractivity contribution is 0.247. The van der Waals surface area contributed by atoms with E-state index in [1.165, 1.54) is 0 Å². The molecule has 144 valence electrons. The van der Waals surface area contributed by atoms with Crippen LogP contribution in [-0.4, -0.2) is 20.3 Å². The molecule has 2 amide bonds. The van der Waals surface area contributed by atoms with E-state index in [1.54, 1.807) is 14.2 Å². The van der Waals surface area contributed by atoms with Gasteiger partial charge in [0.2, 0.25) is 0 Å². The zero-order valence-corrected chi connectivity index (χ0v) is 16.7. The van der Waals surface area contributed by atoms with E-state index < -0.39 is 0 Å². The van der Waals surface area contributed by atoms with Crippen LogP contribution in [-0.2, 0) is 5.54 Å². The van der Waals surface area contributed by atoms with E-state index in [2.05, 4.69) is 30.5 Å². The first kappa shape index (κ1) is 19.1. The fourth-order valence-corrected chi connectivity index (χ4v) is 3.45. The van der Waals surface area contributed by atoms with Gasteiger partial charge in [-0.3, -0.25) is 0 Å². The van der Waals surface area contributed by atoms with Gasteiger partial charge in [0.25, 0.3) is 0 Å². The van der Waals surface area contributed by atoms with E-state index in [-0.39, 0.29) is 11.6 Å². The fraction of sp³-hybridized carbons (Fsp3) is 0.409. The average molecular weight is 368 g/mol. The number of aryl methyl sites for hydroxylation is 1. The lowest BCUT2D eigenvalue weighted by atomic mass is 9.98. The molecule has 1 saturated carbocycles. The van der Waals surface area contributed by atoms with E-state index in [1.807, 2.05) is 37.3 Å². The first-order valence-corrected chi connectivity index (χ1v) is 9.31. The van der Waals surface area contributed by atoms with E-state index in [0.29, 0.717) is 17.4 Å². The molecule has 0 unspecified atom stereocenters. The van der Waals surface area contributed by atoms with Gasteiger partial charge in [0.15, 0.2) is 11.5 Å². The molecule has 1 aliphatic rings. The van der Waals surface area contributed by atoms with Crippen LogP contribution < -0.4 is 20.1 Å². The molecule has 0 bridgehead atoms. The molecule has 5 heteroatoms. The molecule has 1 aliphatic carbocycles. The molecule has 2 aromatic rings. The van der Waals surface area contributed by atoms with Gasteiger partial charge in [-0.15, -0.1) is 0 Å². The van der Waals surface area contributed by atoms with Crippen LogP contribution in [0.15, 0.2) is 36.4 Å². The van der Waals surface area contributed by atoms with Crippen LogP contribution in [0.5, 0.6) is 11.5 Å². The molecule has 3 rings (SSSR count). The van der Waals surface area contributed by atoms with Crippen LogP contribution in [0.25, 0.3) is 0 Å². The number of nitrogens with one attached hydrogen (secondary N) is 2. The van der Waals surface area contributed by atoms with Crippen LogP contribution in [0.1, 0.15) is 49.3 Å². The number of hydrogen-bond donors (Lipinski definition) is 2. The summed E-state index contributed by atoms with van der Waals surface area (Å²) in [7, 11) is 3.23. The molecular formula is C22H28N2O3. The second-order valence-electron chi connectivity index (χ2n) is 7.42. The minimum absolute atomic E-state index is 0.182. The van der Waals surface area contributed by atoms with Crippen molar-refractivity contribution in [2.24, 2.45) is 0 Å². The van der Waals surface area contributed by atoms with Crippen molar-refractivity contribution >= 4 is 11.7 Å². The third kappa shape index (κ3) is 3.87. The Morgan fingerprint density at radius 3 is 2.37 bits per heavy atom. The average Bonchev–Trinajstić information content (AvgIpc) is 3.43. The standard InChI is InChI=1S/C22H28N2O3/c1-14(2)17-8-6-7-15(3)20(17)23-21(25)24-22(11-12-22)16-9-10-18(26-4)19(13-16)27-5/h6-10,13-14H,11-12H2,1-5H3,(H2,23,24,25). The van der Waals surface area contributed by atoms with Crippen molar-refractivity contribution in [2.75, 3.05) is 19.5 Å². The van der Waals surface area contributed by atoms with Crippen molar-refractivity contribution in [3.05, 3.63) is 53.1 Å². The van der Waals surface area contributed by atoms with Crippen LogP contribution in [0.3, 0.4) is 0 Å². The first-order valence-electron chi connectivity index (χ1n) is 9.31. The highest BCUT2D eigenvalue weighted by molar-refractivity contribution is 5.92. The molecule has 2 aromatic carbocycles. The van der Waals surface area contributed by atoms with Gasteiger partial charge in [0, 0.05) is 5.69 Å². The molecule has 2 N–H and O–H groups in total. The Morgan fingerprint density at radius 1 is 1.07 bits per heavy atom. The Bertz CT molecular complexity index is 841. The molecule has 5 nitrogen and oxygen atoms in total. The van der Waals surface area contributed by atoms with Gasteiger partial charge in [-0.2, -0.15) is 0 Å².